The first-order chi connectivity index (χ1) is 23.4. The molecule has 0 atom stereocenters. The number of halogens is 1. The first-order valence-corrected chi connectivity index (χ1v) is 16.3. The topological polar surface area (TPSA) is 119 Å². The molecule has 246 valence electrons. The number of morpholine rings is 1. The second-order valence-corrected chi connectivity index (χ2v) is 12.4. The molecule has 2 aliphatic rings. The SMILES string of the molecule is O=C(N[C@H]1CC[C@@H](n2c(=O)c3cc(F)cnc3n(-c3cccc(-c4ccccc4CN4CCOCC4)c3)c2=O)CC1)c1ccccc1O. The van der Waals surface area contributed by atoms with Crippen molar-refractivity contribution < 1.29 is 19.0 Å². The largest absolute Gasteiger partial charge is 0.507 e. The number of pyridine rings is 1. The molecule has 2 N–H and O–H groups in total. The van der Waals surface area contributed by atoms with Gasteiger partial charge in [-0.2, -0.15) is 0 Å². The Kier molecular flexibility index (Phi) is 8.88. The van der Waals surface area contributed by atoms with Crippen LogP contribution in [0.15, 0.2) is 94.6 Å². The van der Waals surface area contributed by atoms with Crippen LogP contribution in [-0.4, -0.2) is 62.4 Å². The molecule has 11 heteroatoms. The summed E-state index contributed by atoms with van der Waals surface area (Å²) in [5.74, 6) is -1.15. The molecule has 2 fully saturated rings. The van der Waals surface area contributed by atoms with Crippen LogP contribution in [-0.2, 0) is 11.3 Å². The highest BCUT2D eigenvalue weighted by molar-refractivity contribution is 5.96. The summed E-state index contributed by atoms with van der Waals surface area (Å²) in [6.07, 6.45) is 2.95. The summed E-state index contributed by atoms with van der Waals surface area (Å²) < 4.78 is 22.7. The summed E-state index contributed by atoms with van der Waals surface area (Å²) in [6, 6.07) is 22.5. The maximum absolute atomic E-state index is 14.5. The minimum Gasteiger partial charge on any atom is -0.507 e. The van der Waals surface area contributed by atoms with Crippen LogP contribution < -0.4 is 16.6 Å². The number of fused-ring (bicyclic) bond motifs is 1. The van der Waals surface area contributed by atoms with Gasteiger partial charge in [0.2, 0.25) is 0 Å². The number of carbonyl (C=O) groups is 1. The first kappa shape index (κ1) is 31.5. The van der Waals surface area contributed by atoms with E-state index < -0.39 is 23.1 Å². The summed E-state index contributed by atoms with van der Waals surface area (Å²) in [4.78, 5) is 47.5. The first-order valence-electron chi connectivity index (χ1n) is 16.3. The van der Waals surface area contributed by atoms with Crippen molar-refractivity contribution in [3.05, 3.63) is 123 Å². The predicted molar refractivity (Wildman–Crippen MR) is 180 cm³/mol. The fourth-order valence-corrected chi connectivity index (χ4v) is 6.90. The summed E-state index contributed by atoms with van der Waals surface area (Å²) in [5.41, 5.74) is 2.72. The lowest BCUT2D eigenvalue weighted by Gasteiger charge is -2.30. The summed E-state index contributed by atoms with van der Waals surface area (Å²) in [7, 11) is 0. The van der Waals surface area contributed by atoms with E-state index in [0.29, 0.717) is 44.6 Å². The molecule has 0 spiro atoms. The molecule has 3 heterocycles. The number of rotatable bonds is 7. The number of aromatic nitrogens is 3. The third-order valence-electron chi connectivity index (χ3n) is 9.37. The van der Waals surface area contributed by atoms with Gasteiger partial charge in [0.15, 0.2) is 5.65 Å². The van der Waals surface area contributed by atoms with Gasteiger partial charge in [-0.15, -0.1) is 0 Å². The molecule has 2 aromatic heterocycles. The Balaban J connectivity index is 1.22. The van der Waals surface area contributed by atoms with Gasteiger partial charge in [-0.25, -0.2) is 18.7 Å². The molecule has 0 bridgehead atoms. The Hall–Kier alpha value is -5.13. The summed E-state index contributed by atoms with van der Waals surface area (Å²) in [6.45, 7) is 3.86. The number of phenolic OH excluding ortho intramolecular Hbond substituents is 1. The molecule has 0 radical (unpaired) electrons. The fourth-order valence-electron chi connectivity index (χ4n) is 6.90. The molecule has 7 rings (SSSR count). The van der Waals surface area contributed by atoms with Crippen molar-refractivity contribution in [2.24, 2.45) is 0 Å². The lowest BCUT2D eigenvalue weighted by atomic mass is 9.90. The fraction of sp³-hybridized carbons (Fsp3) is 0.297. The minimum atomic E-state index is -0.669. The van der Waals surface area contributed by atoms with Gasteiger partial charge in [0.1, 0.15) is 11.6 Å². The lowest BCUT2D eigenvalue weighted by Crippen LogP contribution is -2.45. The van der Waals surface area contributed by atoms with Crippen LogP contribution >= 0.6 is 0 Å². The molecule has 48 heavy (non-hydrogen) atoms. The van der Waals surface area contributed by atoms with Gasteiger partial charge in [0.25, 0.3) is 11.5 Å². The van der Waals surface area contributed by atoms with Crippen molar-refractivity contribution in [2.75, 3.05) is 26.3 Å². The predicted octanol–water partition coefficient (Wildman–Crippen LogP) is 4.81. The summed E-state index contributed by atoms with van der Waals surface area (Å²) in [5, 5.41) is 13.1. The number of para-hydroxylation sites is 1. The second-order valence-electron chi connectivity index (χ2n) is 12.4. The number of nitrogens with one attached hydrogen (secondary N) is 1. The minimum absolute atomic E-state index is 0.0164. The quantitative estimate of drug-likeness (QED) is 0.260. The molecule has 1 saturated heterocycles. The van der Waals surface area contributed by atoms with E-state index >= 15 is 0 Å². The van der Waals surface area contributed by atoms with Gasteiger partial charge in [-0.3, -0.25) is 19.1 Å². The highest BCUT2D eigenvalue weighted by Crippen LogP contribution is 2.30. The van der Waals surface area contributed by atoms with Crippen LogP contribution in [0.3, 0.4) is 0 Å². The van der Waals surface area contributed by atoms with Gasteiger partial charge in [0.05, 0.1) is 36.0 Å². The van der Waals surface area contributed by atoms with Gasteiger partial charge in [-0.1, -0.05) is 48.5 Å². The van der Waals surface area contributed by atoms with Crippen LogP contribution in [0.5, 0.6) is 5.75 Å². The third-order valence-corrected chi connectivity index (χ3v) is 9.37. The zero-order chi connectivity index (χ0) is 33.2. The maximum Gasteiger partial charge on any atom is 0.337 e. The molecule has 1 amide bonds. The zero-order valence-corrected chi connectivity index (χ0v) is 26.3. The number of carbonyl (C=O) groups excluding carboxylic acids is 1. The van der Waals surface area contributed by atoms with Gasteiger partial charge in [-0.05, 0) is 72.7 Å². The van der Waals surface area contributed by atoms with Gasteiger partial charge in [0, 0.05) is 31.7 Å². The molecule has 10 nitrogen and oxygen atoms in total. The van der Waals surface area contributed by atoms with Crippen LogP contribution in [0.1, 0.15) is 47.6 Å². The number of benzene rings is 3. The average Bonchev–Trinajstić information content (AvgIpc) is 3.10. The van der Waals surface area contributed by atoms with Gasteiger partial charge >= 0.3 is 5.69 Å². The van der Waals surface area contributed by atoms with E-state index in [1.54, 1.807) is 24.3 Å². The van der Waals surface area contributed by atoms with Crippen LogP contribution in [0.2, 0.25) is 0 Å². The van der Waals surface area contributed by atoms with Crippen molar-refractivity contribution in [1.29, 1.82) is 0 Å². The Labute approximate surface area is 276 Å². The smallest absolute Gasteiger partial charge is 0.337 e. The van der Waals surface area contributed by atoms with E-state index in [-0.39, 0.29) is 34.3 Å². The highest BCUT2D eigenvalue weighted by Gasteiger charge is 2.28. The van der Waals surface area contributed by atoms with Crippen LogP contribution in [0.25, 0.3) is 27.8 Å². The number of aromatic hydroxyl groups is 1. The molecule has 1 aliphatic carbocycles. The monoisotopic (exact) mass is 649 g/mol. The lowest BCUT2D eigenvalue weighted by molar-refractivity contribution is 0.0342. The third kappa shape index (κ3) is 6.26. The highest BCUT2D eigenvalue weighted by atomic mass is 19.1. The number of ether oxygens (including phenoxy) is 1. The van der Waals surface area contributed by atoms with Gasteiger partial charge < -0.3 is 15.2 Å². The summed E-state index contributed by atoms with van der Waals surface area (Å²) >= 11 is 0. The number of hydrogen-bond acceptors (Lipinski definition) is 7. The van der Waals surface area contributed by atoms with E-state index in [9.17, 15) is 23.9 Å². The van der Waals surface area contributed by atoms with Crippen molar-refractivity contribution in [3.8, 4) is 22.6 Å². The number of phenols is 1. The van der Waals surface area contributed by atoms with Crippen LogP contribution in [0, 0.1) is 5.82 Å². The molecule has 1 saturated carbocycles. The van der Waals surface area contributed by atoms with Crippen molar-refractivity contribution in [1.82, 2.24) is 24.3 Å². The Morgan fingerprint density at radius 2 is 1.69 bits per heavy atom. The number of amides is 1. The van der Waals surface area contributed by atoms with Crippen molar-refractivity contribution in [3.63, 3.8) is 0 Å². The second kappa shape index (κ2) is 13.5. The van der Waals surface area contributed by atoms with Crippen molar-refractivity contribution >= 4 is 16.9 Å². The van der Waals surface area contributed by atoms with E-state index in [0.717, 1.165) is 48.6 Å². The normalized spacial score (nSPS) is 18.5. The molecule has 1 aliphatic heterocycles. The van der Waals surface area contributed by atoms with E-state index in [1.807, 2.05) is 30.3 Å². The van der Waals surface area contributed by atoms with Crippen LogP contribution in [0.4, 0.5) is 4.39 Å². The van der Waals surface area contributed by atoms with Crippen molar-refractivity contribution in [2.45, 2.75) is 44.3 Å². The standard InChI is InChI=1S/C37H36FN5O5/c38-26-21-32-34(39-22-26)42(29-8-5-7-24(20-29)30-9-2-1-6-25(30)23-41-16-18-48-19-17-41)37(47)43(36(32)46)28-14-12-27(13-15-28)40-35(45)31-10-3-4-11-33(31)44/h1-11,20-22,27-28,44H,12-19,23H2,(H,40,45)/t27-,28+. The molecule has 5 aromatic rings. The van der Waals surface area contributed by atoms with E-state index in [1.165, 1.54) is 15.2 Å². The maximum atomic E-state index is 14.5. The van der Waals surface area contributed by atoms with E-state index in [4.69, 9.17) is 4.74 Å². The number of nitrogens with zero attached hydrogens (tertiary/aromatic N) is 4. The zero-order valence-electron chi connectivity index (χ0n) is 26.3. The Morgan fingerprint density at radius 1 is 0.938 bits per heavy atom. The number of hydrogen-bond donors (Lipinski definition) is 2. The average molecular weight is 650 g/mol. The molecule has 3 aromatic carbocycles. The Morgan fingerprint density at radius 3 is 2.48 bits per heavy atom. The molecular weight excluding hydrogens is 613 g/mol. The van der Waals surface area contributed by atoms with E-state index in [2.05, 4.69) is 27.3 Å². The molecule has 0 unspecified atom stereocenters. The molecular formula is C37H36FN5O5. The Bertz CT molecular complexity index is 2100.